The van der Waals surface area contributed by atoms with Crippen LogP contribution >= 0.6 is 0 Å². The first-order chi connectivity index (χ1) is 8.74. The minimum absolute atomic E-state index is 0.160. The third-order valence-electron chi connectivity index (χ3n) is 3.29. The summed E-state index contributed by atoms with van der Waals surface area (Å²) in [4.78, 5) is 0. The molecule has 3 heteroatoms. The lowest BCUT2D eigenvalue weighted by Crippen LogP contribution is -2.27. The molecule has 0 aliphatic heterocycles. The summed E-state index contributed by atoms with van der Waals surface area (Å²) < 4.78 is 2.07. The van der Waals surface area contributed by atoms with Crippen molar-refractivity contribution in [1.29, 1.82) is 0 Å². The van der Waals surface area contributed by atoms with E-state index < -0.39 is 0 Å². The van der Waals surface area contributed by atoms with E-state index in [1.807, 2.05) is 0 Å². The van der Waals surface area contributed by atoms with E-state index in [0.717, 1.165) is 37.9 Å². The Hall–Kier alpha value is -1.27. The largest absolute Gasteiger partial charge is 0.298 e. The van der Waals surface area contributed by atoms with Crippen LogP contribution in [-0.4, -0.2) is 15.8 Å². The van der Waals surface area contributed by atoms with Crippen molar-refractivity contribution < 1.29 is 0 Å². The molecule has 0 fully saturated rings. The molecule has 1 rings (SSSR count). The Bertz CT molecular complexity index is 371. The molecule has 3 nitrogen and oxygen atoms in total. The first-order valence-corrected chi connectivity index (χ1v) is 6.98. The van der Waals surface area contributed by atoms with Crippen LogP contribution in [0, 0.1) is 12.3 Å². The van der Waals surface area contributed by atoms with Gasteiger partial charge in [-0.2, -0.15) is 5.10 Å². The molecule has 18 heavy (non-hydrogen) atoms. The summed E-state index contributed by atoms with van der Waals surface area (Å²) in [5.41, 5.74) is 1.07. The van der Waals surface area contributed by atoms with Gasteiger partial charge in [0.2, 0.25) is 0 Å². The van der Waals surface area contributed by atoms with Crippen molar-refractivity contribution in [3.05, 3.63) is 18.0 Å². The van der Waals surface area contributed by atoms with Crippen molar-refractivity contribution in [2.24, 2.45) is 0 Å². The molecular formula is C15H25N3. The highest BCUT2D eigenvalue weighted by atomic mass is 15.3. The van der Waals surface area contributed by atoms with E-state index in [1.54, 1.807) is 0 Å². The Kier molecular flexibility index (Phi) is 6.53. The Morgan fingerprint density at radius 3 is 2.67 bits per heavy atom. The minimum Gasteiger partial charge on any atom is -0.298 e. The Balaban J connectivity index is 2.51. The lowest BCUT2D eigenvalue weighted by Gasteiger charge is -2.13. The maximum atomic E-state index is 5.48. The molecule has 1 N–H and O–H groups in total. The Morgan fingerprint density at radius 2 is 2.11 bits per heavy atom. The van der Waals surface area contributed by atoms with Crippen LogP contribution in [0.25, 0.3) is 0 Å². The van der Waals surface area contributed by atoms with E-state index >= 15 is 0 Å². The Labute approximate surface area is 111 Å². The molecule has 1 unspecified atom stereocenters. The number of terminal acetylenes is 1. The Morgan fingerprint density at radius 1 is 1.39 bits per heavy atom. The molecule has 0 aliphatic carbocycles. The second-order valence-corrected chi connectivity index (χ2v) is 4.65. The fourth-order valence-electron chi connectivity index (χ4n) is 2.10. The molecule has 1 heterocycles. The van der Waals surface area contributed by atoms with E-state index in [0.29, 0.717) is 6.04 Å². The summed E-state index contributed by atoms with van der Waals surface area (Å²) in [7, 11) is 0. The number of nitrogens with zero attached hydrogens (tertiary/aromatic N) is 2. The van der Waals surface area contributed by atoms with Crippen LogP contribution in [0.5, 0.6) is 0 Å². The molecular weight excluding hydrogens is 222 g/mol. The van der Waals surface area contributed by atoms with Gasteiger partial charge in [0.25, 0.3) is 0 Å². The summed E-state index contributed by atoms with van der Waals surface area (Å²) in [5, 5.41) is 7.97. The molecule has 0 aromatic carbocycles. The molecule has 1 aromatic rings. The van der Waals surface area contributed by atoms with Gasteiger partial charge in [0.1, 0.15) is 0 Å². The van der Waals surface area contributed by atoms with Crippen LogP contribution in [0.2, 0.25) is 0 Å². The van der Waals surface area contributed by atoms with Crippen molar-refractivity contribution in [3.63, 3.8) is 0 Å². The van der Waals surface area contributed by atoms with Crippen LogP contribution in [0.3, 0.4) is 0 Å². The third-order valence-corrected chi connectivity index (χ3v) is 3.29. The quantitative estimate of drug-likeness (QED) is 0.715. The minimum atomic E-state index is 0.160. The number of hydrogen-bond acceptors (Lipinski definition) is 2. The summed E-state index contributed by atoms with van der Waals surface area (Å²) in [6.45, 7) is 7.29. The number of nitrogens with one attached hydrogen (secondary N) is 1. The van der Waals surface area contributed by atoms with E-state index in [1.165, 1.54) is 0 Å². The number of rotatable bonds is 8. The summed E-state index contributed by atoms with van der Waals surface area (Å²) in [5.74, 6) is 2.78. The van der Waals surface area contributed by atoms with Crippen molar-refractivity contribution in [2.45, 2.75) is 65.1 Å². The molecule has 0 aliphatic rings. The second kappa shape index (κ2) is 7.94. The van der Waals surface area contributed by atoms with E-state index in [9.17, 15) is 0 Å². The van der Waals surface area contributed by atoms with Gasteiger partial charge in [0, 0.05) is 12.7 Å². The van der Waals surface area contributed by atoms with Crippen LogP contribution in [-0.2, 0) is 6.54 Å². The smallest absolute Gasteiger partial charge is 0.0762 e. The molecule has 1 atom stereocenters. The number of hydrogen-bond donors (Lipinski definition) is 1. The zero-order valence-corrected chi connectivity index (χ0v) is 11.8. The van der Waals surface area contributed by atoms with E-state index in [-0.39, 0.29) is 6.04 Å². The SMILES string of the molecule is C#CC(CCC)NCc1ccn(C(CC)CC)n1. The monoisotopic (exact) mass is 247 g/mol. The molecule has 0 saturated carbocycles. The predicted octanol–water partition coefficient (Wildman–Crippen LogP) is 3.14. The van der Waals surface area contributed by atoms with Crippen LogP contribution in [0.4, 0.5) is 0 Å². The summed E-state index contributed by atoms with van der Waals surface area (Å²) in [6, 6.07) is 2.75. The van der Waals surface area contributed by atoms with Gasteiger partial charge in [0.15, 0.2) is 0 Å². The maximum absolute atomic E-state index is 5.48. The van der Waals surface area contributed by atoms with Crippen LogP contribution < -0.4 is 5.32 Å². The fourth-order valence-corrected chi connectivity index (χ4v) is 2.10. The van der Waals surface area contributed by atoms with Crippen molar-refractivity contribution in [1.82, 2.24) is 15.1 Å². The lowest BCUT2D eigenvalue weighted by molar-refractivity contribution is 0.423. The number of aromatic nitrogens is 2. The summed E-state index contributed by atoms with van der Waals surface area (Å²) >= 11 is 0. The summed E-state index contributed by atoms with van der Waals surface area (Å²) in [6.07, 6.45) is 11.9. The molecule has 0 amide bonds. The molecule has 0 radical (unpaired) electrons. The highest BCUT2D eigenvalue weighted by molar-refractivity contribution is 5.03. The zero-order valence-electron chi connectivity index (χ0n) is 11.8. The van der Waals surface area contributed by atoms with Crippen LogP contribution in [0.1, 0.15) is 58.2 Å². The lowest BCUT2D eigenvalue weighted by atomic mass is 10.2. The van der Waals surface area contributed by atoms with E-state index in [2.05, 4.69) is 54.1 Å². The molecule has 100 valence electrons. The topological polar surface area (TPSA) is 29.9 Å². The maximum Gasteiger partial charge on any atom is 0.0762 e. The molecule has 0 bridgehead atoms. The first kappa shape index (κ1) is 14.8. The standard InChI is InChI=1S/C15H25N3/c1-5-9-13(6-2)16-12-14-10-11-18(17-14)15(7-3)8-4/h2,10-11,13,15-16H,5,7-9,12H2,1,3-4H3. The normalized spacial score (nSPS) is 12.6. The second-order valence-electron chi connectivity index (χ2n) is 4.65. The van der Waals surface area contributed by atoms with Gasteiger partial charge in [-0.1, -0.05) is 33.1 Å². The highest BCUT2D eigenvalue weighted by Gasteiger charge is 2.09. The van der Waals surface area contributed by atoms with Crippen molar-refractivity contribution >= 4 is 0 Å². The average molecular weight is 247 g/mol. The van der Waals surface area contributed by atoms with Gasteiger partial charge in [-0.05, 0) is 25.3 Å². The van der Waals surface area contributed by atoms with Gasteiger partial charge < -0.3 is 0 Å². The predicted molar refractivity (Wildman–Crippen MR) is 76.2 cm³/mol. The van der Waals surface area contributed by atoms with Gasteiger partial charge in [-0.15, -0.1) is 6.42 Å². The van der Waals surface area contributed by atoms with Gasteiger partial charge in [-0.25, -0.2) is 0 Å². The molecule has 0 saturated heterocycles. The third kappa shape index (κ3) is 4.19. The van der Waals surface area contributed by atoms with Gasteiger partial charge >= 0.3 is 0 Å². The van der Waals surface area contributed by atoms with Gasteiger partial charge in [-0.3, -0.25) is 10.00 Å². The molecule has 1 aromatic heterocycles. The zero-order chi connectivity index (χ0) is 13.4. The molecule has 0 spiro atoms. The highest BCUT2D eigenvalue weighted by Crippen LogP contribution is 2.14. The average Bonchev–Trinajstić information content (AvgIpc) is 2.85. The first-order valence-electron chi connectivity index (χ1n) is 6.98. The van der Waals surface area contributed by atoms with E-state index in [4.69, 9.17) is 6.42 Å². The van der Waals surface area contributed by atoms with Crippen LogP contribution in [0.15, 0.2) is 12.3 Å². The van der Waals surface area contributed by atoms with Crippen molar-refractivity contribution in [2.75, 3.05) is 0 Å². The van der Waals surface area contributed by atoms with Gasteiger partial charge in [0.05, 0.1) is 17.8 Å². The van der Waals surface area contributed by atoms with Crippen molar-refractivity contribution in [3.8, 4) is 12.3 Å². The fraction of sp³-hybridized carbons (Fsp3) is 0.667.